The molecule has 0 radical (unpaired) electrons. The predicted molar refractivity (Wildman–Crippen MR) is 68.3 cm³/mol. The van der Waals surface area contributed by atoms with Crippen molar-refractivity contribution in [2.75, 3.05) is 0 Å². The Morgan fingerprint density at radius 3 is 2.74 bits per heavy atom. The topological polar surface area (TPSA) is 30.7 Å². The van der Waals surface area contributed by atoms with E-state index in [2.05, 4.69) is 26.2 Å². The minimum Gasteiger partial charge on any atom is -0.220 e. The molecule has 0 aliphatic carbocycles. The first kappa shape index (κ1) is 14.0. The first-order valence-electron chi connectivity index (χ1n) is 5.65. The Hall–Kier alpha value is -1.37. The van der Waals surface area contributed by atoms with Crippen LogP contribution < -0.4 is 0 Å². The van der Waals surface area contributed by atoms with Gasteiger partial charge in [0.15, 0.2) is 0 Å². The summed E-state index contributed by atoms with van der Waals surface area (Å²) in [5.41, 5.74) is 0.331. The molecule has 19 heavy (non-hydrogen) atoms. The van der Waals surface area contributed by atoms with E-state index >= 15 is 0 Å². The molecule has 7 heteroatoms. The highest BCUT2D eigenvalue weighted by molar-refractivity contribution is 9.09. The molecule has 1 unspecified atom stereocenters. The summed E-state index contributed by atoms with van der Waals surface area (Å²) >= 11 is 3.42. The fourth-order valence-electron chi connectivity index (χ4n) is 1.58. The number of hydrogen-bond acceptors (Lipinski definition) is 2. The summed E-state index contributed by atoms with van der Waals surface area (Å²) in [4.78, 5) is 0.0482. The molecule has 0 aliphatic heterocycles. The van der Waals surface area contributed by atoms with Crippen molar-refractivity contribution in [1.29, 1.82) is 0 Å². The van der Waals surface area contributed by atoms with Crippen LogP contribution in [-0.4, -0.2) is 15.0 Å². The number of rotatable bonds is 3. The highest BCUT2D eigenvalue weighted by atomic mass is 79.9. The van der Waals surface area contributed by atoms with Gasteiger partial charge in [0.25, 0.3) is 0 Å². The fourth-order valence-corrected chi connectivity index (χ4v) is 1.79. The molecule has 3 nitrogen and oxygen atoms in total. The average molecular weight is 334 g/mol. The highest BCUT2D eigenvalue weighted by Gasteiger charge is 2.30. The number of hydrogen-bond donors (Lipinski definition) is 0. The lowest BCUT2D eigenvalue weighted by Gasteiger charge is -2.08. The quantitative estimate of drug-likeness (QED) is 0.790. The Balaban J connectivity index is 2.34. The lowest BCUT2D eigenvalue weighted by atomic mass is 10.2. The van der Waals surface area contributed by atoms with Gasteiger partial charge in [-0.25, -0.2) is 4.68 Å². The molecule has 1 heterocycles. The monoisotopic (exact) mass is 333 g/mol. The first-order valence-corrected chi connectivity index (χ1v) is 6.57. The van der Waals surface area contributed by atoms with Gasteiger partial charge in [0, 0.05) is 0 Å². The van der Waals surface area contributed by atoms with Crippen molar-refractivity contribution in [1.82, 2.24) is 15.0 Å². The number of nitrogens with zero attached hydrogens (tertiary/aromatic N) is 3. The minimum atomic E-state index is -4.36. The Bertz CT molecular complexity index is 565. The third-order valence-corrected chi connectivity index (χ3v) is 3.75. The Morgan fingerprint density at radius 1 is 1.37 bits per heavy atom. The molecule has 2 rings (SSSR count). The van der Waals surface area contributed by atoms with Crippen LogP contribution in [0.5, 0.6) is 0 Å². The molecule has 0 N–H and O–H groups in total. The summed E-state index contributed by atoms with van der Waals surface area (Å²) in [6, 6.07) is 4.99. The van der Waals surface area contributed by atoms with Crippen molar-refractivity contribution >= 4 is 15.9 Å². The Morgan fingerprint density at radius 2 is 2.11 bits per heavy atom. The van der Waals surface area contributed by atoms with Gasteiger partial charge < -0.3 is 0 Å². The largest absolute Gasteiger partial charge is 0.416 e. The van der Waals surface area contributed by atoms with E-state index in [1.165, 1.54) is 10.7 Å². The summed E-state index contributed by atoms with van der Waals surface area (Å²) in [5, 5.41) is 7.79. The van der Waals surface area contributed by atoms with Crippen LogP contribution in [0.15, 0.2) is 30.5 Å². The van der Waals surface area contributed by atoms with Crippen molar-refractivity contribution in [2.24, 2.45) is 0 Å². The number of alkyl halides is 4. The zero-order valence-corrected chi connectivity index (χ0v) is 11.6. The van der Waals surface area contributed by atoms with E-state index in [-0.39, 0.29) is 4.83 Å². The molecule has 1 aromatic heterocycles. The third-order valence-electron chi connectivity index (χ3n) is 2.63. The van der Waals surface area contributed by atoms with Crippen LogP contribution in [0.4, 0.5) is 13.2 Å². The van der Waals surface area contributed by atoms with E-state index in [0.29, 0.717) is 11.4 Å². The molecule has 1 aromatic carbocycles. The molecule has 0 bridgehead atoms. The van der Waals surface area contributed by atoms with E-state index in [0.717, 1.165) is 18.6 Å². The molecular weight excluding hydrogens is 323 g/mol. The maximum atomic E-state index is 12.6. The van der Waals surface area contributed by atoms with Crippen LogP contribution in [0.2, 0.25) is 0 Å². The van der Waals surface area contributed by atoms with E-state index in [9.17, 15) is 13.2 Å². The predicted octanol–water partition coefficient (Wildman–Crippen LogP) is 4.13. The Labute approximate surface area is 116 Å². The van der Waals surface area contributed by atoms with Gasteiger partial charge in [0.1, 0.15) is 0 Å². The Kier molecular flexibility index (Phi) is 3.93. The standard InChI is InChI=1S/C12H11BrF3N3/c1-2-10(13)11-7-19(18-17-11)9-5-3-4-8(6-9)12(14,15)16/h3-7,10H,2H2,1H3. The second-order valence-electron chi connectivity index (χ2n) is 4.01. The van der Waals surface area contributed by atoms with Gasteiger partial charge in [-0.3, -0.25) is 0 Å². The molecule has 102 valence electrons. The highest BCUT2D eigenvalue weighted by Crippen LogP contribution is 2.30. The molecule has 0 saturated carbocycles. The average Bonchev–Trinajstić information content (AvgIpc) is 2.86. The van der Waals surface area contributed by atoms with Crippen molar-refractivity contribution in [3.05, 3.63) is 41.7 Å². The molecule has 0 amide bonds. The smallest absolute Gasteiger partial charge is 0.220 e. The molecular formula is C12H11BrF3N3. The van der Waals surface area contributed by atoms with Crippen LogP contribution >= 0.6 is 15.9 Å². The van der Waals surface area contributed by atoms with Crippen molar-refractivity contribution < 1.29 is 13.2 Å². The van der Waals surface area contributed by atoms with Crippen LogP contribution in [0, 0.1) is 0 Å². The summed E-state index contributed by atoms with van der Waals surface area (Å²) < 4.78 is 39.2. The number of aromatic nitrogens is 3. The van der Waals surface area contributed by atoms with Gasteiger partial charge >= 0.3 is 6.18 Å². The van der Waals surface area contributed by atoms with Crippen molar-refractivity contribution in [3.8, 4) is 5.69 Å². The normalized spacial score (nSPS) is 13.5. The van der Waals surface area contributed by atoms with E-state index < -0.39 is 11.7 Å². The molecule has 0 fully saturated rings. The summed E-state index contributed by atoms with van der Waals surface area (Å²) in [7, 11) is 0. The van der Waals surface area contributed by atoms with Gasteiger partial charge in [0.2, 0.25) is 0 Å². The minimum absolute atomic E-state index is 0.0482. The van der Waals surface area contributed by atoms with E-state index in [4.69, 9.17) is 0 Å². The lowest BCUT2D eigenvalue weighted by molar-refractivity contribution is -0.137. The van der Waals surface area contributed by atoms with Gasteiger partial charge in [0.05, 0.1) is 28.0 Å². The second kappa shape index (κ2) is 5.32. The van der Waals surface area contributed by atoms with Crippen LogP contribution in [0.25, 0.3) is 5.69 Å². The van der Waals surface area contributed by atoms with Crippen LogP contribution in [0.1, 0.15) is 29.4 Å². The van der Waals surface area contributed by atoms with Gasteiger partial charge in [-0.15, -0.1) is 5.10 Å². The number of halogens is 4. The number of benzene rings is 1. The zero-order valence-electron chi connectivity index (χ0n) is 10.0. The fraction of sp³-hybridized carbons (Fsp3) is 0.333. The molecule has 0 spiro atoms. The van der Waals surface area contributed by atoms with Crippen molar-refractivity contribution in [3.63, 3.8) is 0 Å². The summed E-state index contributed by atoms with van der Waals surface area (Å²) in [6.07, 6.45) is -1.92. The van der Waals surface area contributed by atoms with Crippen LogP contribution in [0.3, 0.4) is 0 Å². The zero-order chi connectivity index (χ0) is 14.0. The SMILES string of the molecule is CCC(Br)c1cn(-c2cccc(C(F)(F)F)c2)nn1. The van der Waals surface area contributed by atoms with Crippen LogP contribution in [-0.2, 0) is 6.18 Å². The second-order valence-corrected chi connectivity index (χ2v) is 5.12. The third kappa shape index (κ3) is 3.15. The lowest BCUT2D eigenvalue weighted by Crippen LogP contribution is -2.06. The summed E-state index contributed by atoms with van der Waals surface area (Å²) in [5.74, 6) is 0. The summed E-state index contributed by atoms with van der Waals surface area (Å²) in [6.45, 7) is 1.97. The van der Waals surface area contributed by atoms with Crippen molar-refractivity contribution in [2.45, 2.75) is 24.3 Å². The van der Waals surface area contributed by atoms with E-state index in [1.807, 2.05) is 6.92 Å². The molecule has 0 saturated heterocycles. The molecule has 2 aromatic rings. The first-order chi connectivity index (χ1) is 8.91. The maximum Gasteiger partial charge on any atom is 0.416 e. The van der Waals surface area contributed by atoms with E-state index in [1.54, 1.807) is 12.3 Å². The maximum absolute atomic E-state index is 12.6. The van der Waals surface area contributed by atoms with Gasteiger partial charge in [-0.2, -0.15) is 13.2 Å². The van der Waals surface area contributed by atoms with Gasteiger partial charge in [-0.05, 0) is 24.6 Å². The molecule has 1 atom stereocenters. The van der Waals surface area contributed by atoms with Gasteiger partial charge in [-0.1, -0.05) is 34.1 Å². The molecule has 0 aliphatic rings.